The predicted octanol–water partition coefficient (Wildman–Crippen LogP) is 3.71. The molecular weight excluding hydrogens is 404 g/mol. The fourth-order valence-corrected chi connectivity index (χ4v) is 5.21. The zero-order valence-corrected chi connectivity index (χ0v) is 18.0. The molecule has 2 aromatic rings. The Hall–Kier alpha value is -2.65. The summed E-state index contributed by atoms with van der Waals surface area (Å²) in [5, 5.41) is 14.7. The van der Waals surface area contributed by atoms with Crippen LogP contribution in [-0.4, -0.2) is 51.0 Å². The van der Waals surface area contributed by atoms with Gasteiger partial charge in [-0.3, -0.25) is 14.4 Å². The Morgan fingerprint density at radius 1 is 1.13 bits per heavy atom. The van der Waals surface area contributed by atoms with Crippen molar-refractivity contribution in [2.75, 3.05) is 42.3 Å². The van der Waals surface area contributed by atoms with E-state index in [4.69, 9.17) is 0 Å². The van der Waals surface area contributed by atoms with Gasteiger partial charge in [-0.15, -0.1) is 0 Å². The molecule has 30 heavy (non-hydrogen) atoms. The lowest BCUT2D eigenvalue weighted by Gasteiger charge is -2.23. The molecular formula is C21H28N4O4S. The molecule has 3 rings (SSSR count). The normalized spacial score (nSPS) is 14.6. The van der Waals surface area contributed by atoms with Crippen LogP contribution in [0, 0.1) is 10.1 Å². The van der Waals surface area contributed by atoms with Crippen LogP contribution in [0.4, 0.5) is 17.1 Å². The van der Waals surface area contributed by atoms with Crippen molar-refractivity contribution in [3.05, 3.63) is 58.6 Å². The van der Waals surface area contributed by atoms with Gasteiger partial charge in [-0.05, 0) is 70.1 Å². The zero-order valence-electron chi connectivity index (χ0n) is 17.2. The highest BCUT2D eigenvalue weighted by molar-refractivity contribution is 7.92. The van der Waals surface area contributed by atoms with Gasteiger partial charge in [0.15, 0.2) is 0 Å². The minimum Gasteiger partial charge on any atom is -0.379 e. The Labute approximate surface area is 177 Å². The highest BCUT2D eigenvalue weighted by Gasteiger charge is 2.27. The summed E-state index contributed by atoms with van der Waals surface area (Å²) in [5.41, 5.74) is 0.622. The summed E-state index contributed by atoms with van der Waals surface area (Å²) in [6.45, 7) is 5.72. The van der Waals surface area contributed by atoms with E-state index in [0.29, 0.717) is 17.9 Å². The van der Waals surface area contributed by atoms with Gasteiger partial charge >= 0.3 is 0 Å². The number of nitro groups is 1. The smallest absolute Gasteiger partial charge is 0.293 e. The average molecular weight is 433 g/mol. The molecule has 1 saturated heterocycles. The third-order valence-electron chi connectivity index (χ3n) is 5.25. The van der Waals surface area contributed by atoms with Crippen LogP contribution in [0.5, 0.6) is 0 Å². The summed E-state index contributed by atoms with van der Waals surface area (Å²) >= 11 is 0. The van der Waals surface area contributed by atoms with Crippen molar-refractivity contribution >= 4 is 27.1 Å². The highest BCUT2D eigenvalue weighted by atomic mass is 32.2. The first-order chi connectivity index (χ1) is 14.4. The topological polar surface area (TPSA) is 95.8 Å². The monoisotopic (exact) mass is 432 g/mol. The number of rotatable bonds is 10. The van der Waals surface area contributed by atoms with Crippen LogP contribution in [0.15, 0.2) is 53.4 Å². The van der Waals surface area contributed by atoms with Crippen LogP contribution >= 0.6 is 0 Å². The van der Waals surface area contributed by atoms with Crippen LogP contribution in [0.1, 0.15) is 26.2 Å². The molecule has 0 radical (unpaired) electrons. The summed E-state index contributed by atoms with van der Waals surface area (Å²) in [6, 6.07) is 12.8. The maximum atomic E-state index is 13.1. The maximum absolute atomic E-state index is 13.1. The highest BCUT2D eigenvalue weighted by Crippen LogP contribution is 2.30. The van der Waals surface area contributed by atoms with Gasteiger partial charge in [0.2, 0.25) is 0 Å². The second kappa shape index (κ2) is 9.90. The molecule has 0 amide bonds. The Bertz CT molecular complexity index is 960. The van der Waals surface area contributed by atoms with E-state index >= 15 is 0 Å². The van der Waals surface area contributed by atoms with Crippen molar-refractivity contribution in [2.24, 2.45) is 0 Å². The van der Waals surface area contributed by atoms with Gasteiger partial charge in [0.1, 0.15) is 5.69 Å². The summed E-state index contributed by atoms with van der Waals surface area (Å²) in [5.74, 6) is 0. The van der Waals surface area contributed by atoms with Gasteiger partial charge in [0.25, 0.3) is 15.7 Å². The molecule has 0 bridgehead atoms. The van der Waals surface area contributed by atoms with Gasteiger partial charge in [-0.1, -0.05) is 18.2 Å². The molecule has 1 N–H and O–H groups in total. The van der Waals surface area contributed by atoms with Crippen molar-refractivity contribution in [3.8, 4) is 0 Å². The van der Waals surface area contributed by atoms with Crippen LogP contribution in [0.3, 0.4) is 0 Å². The van der Waals surface area contributed by atoms with Crippen LogP contribution < -0.4 is 9.62 Å². The molecule has 0 atom stereocenters. The first kappa shape index (κ1) is 22.0. The molecule has 0 saturated carbocycles. The Balaban J connectivity index is 1.77. The molecule has 0 aliphatic carbocycles. The number of hydrogen-bond donors (Lipinski definition) is 1. The molecule has 1 fully saturated rings. The second-order valence-electron chi connectivity index (χ2n) is 7.27. The standard InChI is InChI=1S/C21H28N4O4S/c1-2-24(18-9-4-3-5-10-18)30(28,29)19-11-12-20(21(17-19)25(26)27)22-13-8-16-23-14-6-7-15-23/h3-5,9-12,17,22H,2,6-8,13-16H2,1H3. The number of anilines is 2. The number of likely N-dealkylation sites (tertiary alicyclic amines) is 1. The molecule has 162 valence electrons. The summed E-state index contributed by atoms with van der Waals surface area (Å²) < 4.78 is 27.5. The maximum Gasteiger partial charge on any atom is 0.293 e. The van der Waals surface area contributed by atoms with E-state index in [0.717, 1.165) is 32.1 Å². The molecule has 1 heterocycles. The average Bonchev–Trinajstić information content (AvgIpc) is 3.26. The molecule has 1 aliphatic heterocycles. The number of benzene rings is 2. The number of hydrogen-bond acceptors (Lipinski definition) is 6. The lowest BCUT2D eigenvalue weighted by atomic mass is 10.2. The van der Waals surface area contributed by atoms with E-state index in [1.807, 2.05) is 0 Å². The predicted molar refractivity (Wildman–Crippen MR) is 119 cm³/mol. The number of sulfonamides is 1. The first-order valence-corrected chi connectivity index (χ1v) is 11.7. The lowest BCUT2D eigenvalue weighted by molar-refractivity contribution is -0.384. The summed E-state index contributed by atoms with van der Waals surface area (Å²) in [4.78, 5) is 13.3. The largest absolute Gasteiger partial charge is 0.379 e. The molecule has 0 aromatic heterocycles. The third-order valence-corrected chi connectivity index (χ3v) is 7.15. The number of para-hydroxylation sites is 1. The Kier molecular flexibility index (Phi) is 7.28. The van der Waals surface area contributed by atoms with Crippen molar-refractivity contribution in [1.29, 1.82) is 0 Å². The fraction of sp³-hybridized carbons (Fsp3) is 0.429. The SMILES string of the molecule is CCN(c1ccccc1)S(=O)(=O)c1ccc(NCCCN2CCCC2)c([N+](=O)[O-])c1. The van der Waals surface area contributed by atoms with E-state index < -0.39 is 14.9 Å². The van der Waals surface area contributed by atoms with E-state index in [-0.39, 0.29) is 17.1 Å². The van der Waals surface area contributed by atoms with Crippen molar-refractivity contribution < 1.29 is 13.3 Å². The van der Waals surface area contributed by atoms with E-state index in [9.17, 15) is 18.5 Å². The van der Waals surface area contributed by atoms with Crippen molar-refractivity contribution in [2.45, 2.75) is 31.1 Å². The number of nitrogens with one attached hydrogen (secondary N) is 1. The lowest BCUT2D eigenvalue weighted by Crippen LogP contribution is -2.30. The number of nitrogens with zero attached hydrogens (tertiary/aromatic N) is 3. The van der Waals surface area contributed by atoms with E-state index in [1.165, 1.54) is 29.3 Å². The van der Waals surface area contributed by atoms with Crippen LogP contribution in [0.25, 0.3) is 0 Å². The first-order valence-electron chi connectivity index (χ1n) is 10.3. The van der Waals surface area contributed by atoms with Crippen molar-refractivity contribution in [3.63, 3.8) is 0 Å². The molecule has 8 nitrogen and oxygen atoms in total. The third kappa shape index (κ3) is 5.09. The molecule has 9 heteroatoms. The Morgan fingerprint density at radius 3 is 2.47 bits per heavy atom. The minimum atomic E-state index is -3.92. The van der Waals surface area contributed by atoms with Gasteiger partial charge in [0, 0.05) is 19.2 Å². The Morgan fingerprint density at radius 2 is 1.83 bits per heavy atom. The molecule has 2 aromatic carbocycles. The second-order valence-corrected chi connectivity index (χ2v) is 9.13. The van der Waals surface area contributed by atoms with Crippen LogP contribution in [-0.2, 0) is 10.0 Å². The zero-order chi connectivity index (χ0) is 21.6. The quantitative estimate of drug-likeness (QED) is 0.349. The van der Waals surface area contributed by atoms with Gasteiger partial charge in [-0.2, -0.15) is 0 Å². The van der Waals surface area contributed by atoms with E-state index in [2.05, 4.69) is 10.2 Å². The molecule has 1 aliphatic rings. The van der Waals surface area contributed by atoms with Crippen LogP contribution in [0.2, 0.25) is 0 Å². The minimum absolute atomic E-state index is 0.0949. The fourth-order valence-electron chi connectivity index (χ4n) is 3.72. The van der Waals surface area contributed by atoms with Gasteiger partial charge < -0.3 is 10.2 Å². The van der Waals surface area contributed by atoms with E-state index in [1.54, 1.807) is 37.3 Å². The number of nitro benzene ring substituents is 1. The molecule has 0 unspecified atom stereocenters. The van der Waals surface area contributed by atoms with Gasteiger partial charge in [0.05, 0.1) is 15.5 Å². The van der Waals surface area contributed by atoms with Crippen molar-refractivity contribution in [1.82, 2.24) is 4.90 Å². The molecule has 0 spiro atoms. The summed E-state index contributed by atoms with van der Waals surface area (Å²) in [7, 11) is -3.92. The van der Waals surface area contributed by atoms with Gasteiger partial charge in [-0.25, -0.2) is 8.42 Å². The summed E-state index contributed by atoms with van der Waals surface area (Å²) in [6.07, 6.45) is 3.33.